The summed E-state index contributed by atoms with van der Waals surface area (Å²) in [7, 11) is -3.90. The van der Waals surface area contributed by atoms with E-state index in [9.17, 15) is 32.4 Å². The van der Waals surface area contributed by atoms with E-state index < -0.39 is 68.7 Å². The van der Waals surface area contributed by atoms with Gasteiger partial charge in [0.2, 0.25) is 21.8 Å². The number of nitrogens with zero attached hydrogens (tertiary/aromatic N) is 3. The minimum Gasteiger partial charge on any atom is -0.444 e. The van der Waals surface area contributed by atoms with Gasteiger partial charge in [0.05, 0.1) is 11.8 Å². The van der Waals surface area contributed by atoms with E-state index in [1.165, 1.54) is 16.5 Å². The van der Waals surface area contributed by atoms with Crippen LogP contribution in [0.25, 0.3) is 0 Å². The third kappa shape index (κ3) is 7.79. The van der Waals surface area contributed by atoms with Gasteiger partial charge in [-0.25, -0.2) is 18.0 Å². The maximum absolute atomic E-state index is 14.4. The van der Waals surface area contributed by atoms with E-state index in [-0.39, 0.29) is 31.3 Å². The van der Waals surface area contributed by atoms with E-state index >= 15 is 0 Å². The van der Waals surface area contributed by atoms with E-state index in [0.29, 0.717) is 39.0 Å². The number of carbonyl (C=O) groups is 5. The molecule has 0 radical (unpaired) electrons. The SMILES string of the molecule is C=C[C@@H]1C[C@]1(NC(=O)[C@@H]1C[C@@H]2CN1C(=O)[C@H](C(C)C)NC(=O)N(CCC)CCCCCc1cccc3c1CN(C3)C(=O)O2)C(=O)NS(=O)(=O)C1CC1. The number of sulfonamides is 1. The minimum atomic E-state index is -3.90. The first-order valence-electron chi connectivity index (χ1n) is 18.7. The van der Waals surface area contributed by atoms with Gasteiger partial charge in [0, 0.05) is 38.5 Å². The molecule has 3 fully saturated rings. The monoisotopic (exact) mass is 740 g/mol. The zero-order valence-electron chi connectivity index (χ0n) is 30.4. The van der Waals surface area contributed by atoms with Gasteiger partial charge < -0.3 is 25.2 Å². The highest BCUT2D eigenvalue weighted by Gasteiger charge is 2.62. The third-order valence-corrected chi connectivity index (χ3v) is 12.9. The second-order valence-electron chi connectivity index (χ2n) is 15.3. The second kappa shape index (κ2) is 15.1. The molecule has 1 saturated heterocycles. The van der Waals surface area contributed by atoms with Gasteiger partial charge in [-0.3, -0.25) is 24.0 Å². The van der Waals surface area contributed by atoms with Crippen molar-refractivity contribution in [2.75, 3.05) is 19.6 Å². The normalized spacial score (nSPS) is 28.4. The Morgan fingerprint density at radius 3 is 2.54 bits per heavy atom. The Balaban J connectivity index is 1.28. The fraction of sp³-hybridized carbons (Fsp3) is 0.649. The van der Waals surface area contributed by atoms with Gasteiger partial charge in [0.15, 0.2) is 0 Å². The van der Waals surface area contributed by atoms with Crippen LogP contribution in [0.1, 0.15) is 88.8 Å². The first kappa shape index (κ1) is 37.6. The van der Waals surface area contributed by atoms with Crippen LogP contribution >= 0.6 is 0 Å². The molecule has 284 valence electrons. The number of hydrogen-bond acceptors (Lipinski definition) is 8. The molecule has 3 heterocycles. The number of rotatable bonds is 9. The van der Waals surface area contributed by atoms with Crippen molar-refractivity contribution in [3.8, 4) is 0 Å². The molecule has 6 amide bonds. The van der Waals surface area contributed by atoms with Crippen molar-refractivity contribution in [3.05, 3.63) is 47.5 Å². The summed E-state index contributed by atoms with van der Waals surface area (Å²) < 4.78 is 33.5. The number of fused-ring (bicyclic) bond motifs is 3. The first-order chi connectivity index (χ1) is 24.8. The fourth-order valence-corrected chi connectivity index (χ4v) is 9.13. The van der Waals surface area contributed by atoms with Crippen LogP contribution in [0.3, 0.4) is 0 Å². The standard InChI is InChI=1S/C37H52N6O8S/c1-5-16-41-17-9-7-8-11-24-12-10-13-25-20-42(22-29(24)25)36(48)51-27-18-30(43(21-27)33(45)31(23(3)4)38-35(41)47)32(44)39-37(19-26(37)6-2)34(46)40-52(49,50)28-14-15-28/h6,10,12-13,23,26-28,30-31H,2,5,7-9,11,14-22H2,1,3-4H3,(H,38,47)(H,39,44)(H,40,46)/t26-,27-,30+,31+,37-/m1/s1. The Morgan fingerprint density at radius 2 is 1.87 bits per heavy atom. The number of hydrogen-bond donors (Lipinski definition) is 3. The molecular weight excluding hydrogens is 689 g/mol. The van der Waals surface area contributed by atoms with Crippen molar-refractivity contribution >= 4 is 39.9 Å². The number of nitrogens with one attached hydrogen (secondary N) is 3. The highest BCUT2D eigenvalue weighted by molar-refractivity contribution is 7.91. The van der Waals surface area contributed by atoms with Crippen LogP contribution in [0, 0.1) is 11.8 Å². The average Bonchev–Trinajstić information content (AvgIpc) is 3.99. The predicted molar refractivity (Wildman–Crippen MR) is 192 cm³/mol. The topological polar surface area (TPSA) is 175 Å². The van der Waals surface area contributed by atoms with Gasteiger partial charge >= 0.3 is 12.1 Å². The lowest BCUT2D eigenvalue weighted by Gasteiger charge is -2.32. The quantitative estimate of drug-likeness (QED) is 0.324. The van der Waals surface area contributed by atoms with Gasteiger partial charge in [-0.15, -0.1) is 6.58 Å². The number of ether oxygens (including phenoxy) is 1. The Hall–Kier alpha value is -4.14. The van der Waals surface area contributed by atoms with Gasteiger partial charge in [-0.2, -0.15) is 0 Å². The zero-order chi connectivity index (χ0) is 37.4. The molecule has 5 aliphatic rings. The summed E-state index contributed by atoms with van der Waals surface area (Å²) in [5.41, 5.74) is 1.80. The Morgan fingerprint density at radius 1 is 1.12 bits per heavy atom. The van der Waals surface area contributed by atoms with Crippen molar-refractivity contribution in [2.45, 2.75) is 121 Å². The number of aryl methyl sites for hydroxylation is 1. The van der Waals surface area contributed by atoms with Crippen LogP contribution in [0.2, 0.25) is 0 Å². The maximum Gasteiger partial charge on any atom is 0.410 e. The molecule has 6 rings (SSSR count). The molecule has 0 unspecified atom stereocenters. The summed E-state index contributed by atoms with van der Waals surface area (Å²) in [5.74, 6) is -2.92. The first-order valence-corrected chi connectivity index (χ1v) is 20.2. The van der Waals surface area contributed by atoms with Crippen molar-refractivity contribution in [2.24, 2.45) is 11.8 Å². The summed E-state index contributed by atoms with van der Waals surface area (Å²) >= 11 is 0. The van der Waals surface area contributed by atoms with Crippen molar-refractivity contribution < 1.29 is 37.1 Å². The third-order valence-electron chi connectivity index (χ3n) is 11.1. The summed E-state index contributed by atoms with van der Waals surface area (Å²) in [6.07, 6.45) is 5.31. The summed E-state index contributed by atoms with van der Waals surface area (Å²) in [4.78, 5) is 74.0. The van der Waals surface area contributed by atoms with Crippen molar-refractivity contribution in [3.63, 3.8) is 0 Å². The van der Waals surface area contributed by atoms with Crippen molar-refractivity contribution in [1.29, 1.82) is 0 Å². The van der Waals surface area contributed by atoms with Crippen LogP contribution in [-0.2, 0) is 48.7 Å². The van der Waals surface area contributed by atoms with Gasteiger partial charge in [0.25, 0.3) is 5.91 Å². The van der Waals surface area contributed by atoms with Crippen LogP contribution in [0.5, 0.6) is 0 Å². The highest BCUT2D eigenvalue weighted by Crippen LogP contribution is 2.45. The molecule has 2 aliphatic carbocycles. The Kier molecular flexibility index (Phi) is 10.9. The van der Waals surface area contributed by atoms with E-state index in [0.717, 1.165) is 43.2 Å². The molecule has 1 aromatic rings. The van der Waals surface area contributed by atoms with Crippen molar-refractivity contribution in [1.82, 2.24) is 30.1 Å². The van der Waals surface area contributed by atoms with Crippen LogP contribution < -0.4 is 15.4 Å². The van der Waals surface area contributed by atoms with Gasteiger partial charge in [0.1, 0.15) is 23.7 Å². The molecule has 4 bridgehead atoms. The molecule has 1 aromatic carbocycles. The van der Waals surface area contributed by atoms with E-state index in [1.807, 2.05) is 32.9 Å². The number of carbonyl (C=O) groups excluding carboxylic acids is 5. The minimum absolute atomic E-state index is 0.0487. The number of benzene rings is 1. The second-order valence-corrected chi connectivity index (χ2v) is 17.3. The predicted octanol–water partition coefficient (Wildman–Crippen LogP) is 2.95. The lowest BCUT2D eigenvalue weighted by atomic mass is 9.98. The molecule has 52 heavy (non-hydrogen) atoms. The molecule has 2 saturated carbocycles. The molecule has 0 aromatic heterocycles. The maximum atomic E-state index is 14.4. The Bertz CT molecular complexity index is 1710. The molecular formula is C37H52N6O8S. The Labute approximate surface area is 306 Å². The molecule has 5 atom stereocenters. The summed E-state index contributed by atoms with van der Waals surface area (Å²) in [6, 6.07) is 3.58. The summed E-state index contributed by atoms with van der Waals surface area (Å²) in [5, 5.41) is 5.06. The zero-order valence-corrected chi connectivity index (χ0v) is 31.2. The molecule has 3 N–H and O–H groups in total. The van der Waals surface area contributed by atoms with Gasteiger partial charge in [-0.1, -0.05) is 51.5 Å². The van der Waals surface area contributed by atoms with Crippen LogP contribution in [-0.4, -0.2) is 102 Å². The average molecular weight is 741 g/mol. The van der Waals surface area contributed by atoms with E-state index in [2.05, 4.69) is 28.0 Å². The molecule has 0 spiro atoms. The van der Waals surface area contributed by atoms with E-state index in [1.54, 1.807) is 9.80 Å². The fourth-order valence-electron chi connectivity index (χ4n) is 7.76. The highest BCUT2D eigenvalue weighted by atomic mass is 32.2. The van der Waals surface area contributed by atoms with E-state index in [4.69, 9.17) is 4.74 Å². The number of amides is 6. The van der Waals surface area contributed by atoms with Crippen LogP contribution in [0.4, 0.5) is 9.59 Å². The smallest absolute Gasteiger partial charge is 0.410 e. The molecule has 14 nitrogen and oxygen atoms in total. The lowest BCUT2D eigenvalue weighted by Crippen LogP contribution is -2.59. The molecule has 15 heteroatoms. The number of urea groups is 1. The van der Waals surface area contributed by atoms with Gasteiger partial charge in [-0.05, 0) is 67.6 Å². The molecule has 3 aliphatic heterocycles. The van der Waals surface area contributed by atoms with Crippen LogP contribution in [0.15, 0.2) is 30.9 Å². The largest absolute Gasteiger partial charge is 0.444 e. The summed E-state index contributed by atoms with van der Waals surface area (Å²) in [6.45, 7) is 11.1. The lowest BCUT2D eigenvalue weighted by molar-refractivity contribution is -0.141.